The predicted molar refractivity (Wildman–Crippen MR) is 52.4 cm³/mol. The number of rotatable bonds is 0. The van der Waals surface area contributed by atoms with Gasteiger partial charge >= 0.3 is 0 Å². The van der Waals surface area contributed by atoms with Gasteiger partial charge in [0.1, 0.15) is 5.82 Å². The number of hydrogen-bond donors (Lipinski definition) is 1. The molecular weight excluding hydrogens is 165 g/mol. The lowest BCUT2D eigenvalue weighted by molar-refractivity contribution is 0.379. The Morgan fingerprint density at radius 3 is 2.92 bits per heavy atom. The van der Waals surface area contributed by atoms with E-state index in [9.17, 15) is 4.39 Å². The highest BCUT2D eigenvalue weighted by molar-refractivity contribution is 5.54. The number of hydrogen-bond acceptors (Lipinski definition) is 1. The summed E-state index contributed by atoms with van der Waals surface area (Å²) in [7, 11) is 0. The SMILES string of the molecule is CC1(C)CNc2cc(F)ccc2C1. The van der Waals surface area contributed by atoms with E-state index in [0.29, 0.717) is 0 Å². The zero-order chi connectivity index (χ0) is 9.47. The molecule has 0 saturated carbocycles. The maximum atomic E-state index is 12.8. The minimum absolute atomic E-state index is 0.161. The first-order chi connectivity index (χ1) is 6.07. The molecule has 0 atom stereocenters. The van der Waals surface area contributed by atoms with Gasteiger partial charge in [-0.1, -0.05) is 19.9 Å². The molecule has 0 aliphatic carbocycles. The first-order valence-corrected chi connectivity index (χ1v) is 4.59. The minimum Gasteiger partial charge on any atom is -0.384 e. The number of anilines is 1. The topological polar surface area (TPSA) is 12.0 Å². The van der Waals surface area contributed by atoms with Gasteiger partial charge in [0, 0.05) is 12.2 Å². The quantitative estimate of drug-likeness (QED) is 0.645. The summed E-state index contributed by atoms with van der Waals surface area (Å²) in [6, 6.07) is 4.98. The zero-order valence-corrected chi connectivity index (χ0v) is 8.02. The van der Waals surface area contributed by atoms with Crippen LogP contribution < -0.4 is 5.32 Å². The molecule has 0 saturated heterocycles. The molecule has 1 aromatic rings. The van der Waals surface area contributed by atoms with Crippen molar-refractivity contribution in [2.24, 2.45) is 5.41 Å². The van der Waals surface area contributed by atoms with E-state index in [0.717, 1.165) is 18.7 Å². The lowest BCUT2D eigenvalue weighted by atomic mass is 9.82. The minimum atomic E-state index is -0.161. The van der Waals surface area contributed by atoms with Crippen molar-refractivity contribution in [3.05, 3.63) is 29.6 Å². The number of benzene rings is 1. The Hall–Kier alpha value is -1.05. The first-order valence-electron chi connectivity index (χ1n) is 4.59. The number of fused-ring (bicyclic) bond motifs is 1. The maximum absolute atomic E-state index is 12.8. The van der Waals surface area contributed by atoms with E-state index in [1.807, 2.05) is 6.07 Å². The molecular formula is C11H14FN. The fourth-order valence-corrected chi connectivity index (χ4v) is 1.78. The van der Waals surface area contributed by atoms with Gasteiger partial charge in [-0.2, -0.15) is 0 Å². The van der Waals surface area contributed by atoms with Gasteiger partial charge in [-0.25, -0.2) is 4.39 Å². The zero-order valence-electron chi connectivity index (χ0n) is 8.02. The van der Waals surface area contributed by atoms with Crippen LogP contribution in [-0.4, -0.2) is 6.54 Å². The van der Waals surface area contributed by atoms with Crippen LogP contribution in [0.3, 0.4) is 0 Å². The van der Waals surface area contributed by atoms with Crippen LogP contribution in [0.4, 0.5) is 10.1 Å². The lowest BCUT2D eigenvalue weighted by Gasteiger charge is -2.32. The van der Waals surface area contributed by atoms with E-state index >= 15 is 0 Å². The fraction of sp³-hybridized carbons (Fsp3) is 0.455. The second kappa shape index (κ2) is 2.72. The van der Waals surface area contributed by atoms with Crippen molar-refractivity contribution in [1.29, 1.82) is 0 Å². The molecule has 0 spiro atoms. The van der Waals surface area contributed by atoms with E-state index in [2.05, 4.69) is 19.2 Å². The molecule has 13 heavy (non-hydrogen) atoms. The van der Waals surface area contributed by atoms with Crippen LogP contribution in [0.2, 0.25) is 0 Å². The highest BCUT2D eigenvalue weighted by Gasteiger charge is 2.24. The second-order valence-corrected chi connectivity index (χ2v) is 4.50. The Kier molecular flexibility index (Phi) is 1.79. The Bertz CT molecular complexity index is 331. The van der Waals surface area contributed by atoms with Crippen LogP contribution in [-0.2, 0) is 6.42 Å². The maximum Gasteiger partial charge on any atom is 0.125 e. The molecule has 0 unspecified atom stereocenters. The summed E-state index contributed by atoms with van der Waals surface area (Å²) in [5, 5.41) is 3.25. The van der Waals surface area contributed by atoms with Gasteiger partial charge in [-0.15, -0.1) is 0 Å². The van der Waals surface area contributed by atoms with Crippen molar-refractivity contribution in [2.75, 3.05) is 11.9 Å². The molecule has 1 nitrogen and oxygen atoms in total. The summed E-state index contributed by atoms with van der Waals surface area (Å²) < 4.78 is 12.8. The third kappa shape index (κ3) is 1.67. The van der Waals surface area contributed by atoms with Crippen LogP contribution in [0.15, 0.2) is 18.2 Å². The first kappa shape index (κ1) is 8.54. The highest BCUT2D eigenvalue weighted by atomic mass is 19.1. The van der Waals surface area contributed by atoms with Crippen LogP contribution >= 0.6 is 0 Å². The molecule has 0 amide bonds. The van der Waals surface area contributed by atoms with Crippen LogP contribution in [0, 0.1) is 11.2 Å². The summed E-state index contributed by atoms with van der Waals surface area (Å²) in [4.78, 5) is 0. The smallest absolute Gasteiger partial charge is 0.125 e. The summed E-state index contributed by atoms with van der Waals surface area (Å²) in [5.74, 6) is -0.161. The van der Waals surface area contributed by atoms with Gasteiger partial charge in [0.2, 0.25) is 0 Å². The molecule has 1 aliphatic rings. The van der Waals surface area contributed by atoms with E-state index in [1.165, 1.54) is 11.6 Å². The summed E-state index contributed by atoms with van der Waals surface area (Å²) in [6.45, 7) is 5.35. The fourth-order valence-electron chi connectivity index (χ4n) is 1.78. The van der Waals surface area contributed by atoms with Gasteiger partial charge in [-0.3, -0.25) is 0 Å². The van der Waals surface area contributed by atoms with E-state index in [-0.39, 0.29) is 11.2 Å². The molecule has 0 fully saturated rings. The van der Waals surface area contributed by atoms with Crippen molar-refractivity contribution >= 4 is 5.69 Å². The molecule has 0 aromatic heterocycles. The van der Waals surface area contributed by atoms with E-state index in [4.69, 9.17) is 0 Å². The average Bonchev–Trinajstić information content (AvgIpc) is 2.05. The molecule has 1 aromatic carbocycles. The van der Waals surface area contributed by atoms with E-state index in [1.54, 1.807) is 6.07 Å². The van der Waals surface area contributed by atoms with Crippen LogP contribution in [0.5, 0.6) is 0 Å². The van der Waals surface area contributed by atoms with Crippen molar-refractivity contribution in [2.45, 2.75) is 20.3 Å². The molecule has 2 heteroatoms. The summed E-state index contributed by atoms with van der Waals surface area (Å²) in [5.41, 5.74) is 2.46. The largest absolute Gasteiger partial charge is 0.384 e. The van der Waals surface area contributed by atoms with Crippen molar-refractivity contribution in [3.8, 4) is 0 Å². The Morgan fingerprint density at radius 2 is 2.15 bits per heavy atom. The Balaban J connectivity index is 2.37. The van der Waals surface area contributed by atoms with Crippen LogP contribution in [0.25, 0.3) is 0 Å². The third-order valence-electron chi connectivity index (χ3n) is 2.50. The molecule has 70 valence electrons. The third-order valence-corrected chi connectivity index (χ3v) is 2.50. The molecule has 2 rings (SSSR count). The van der Waals surface area contributed by atoms with Gasteiger partial charge in [0.15, 0.2) is 0 Å². The predicted octanol–water partition coefficient (Wildman–Crippen LogP) is 2.82. The second-order valence-electron chi connectivity index (χ2n) is 4.50. The Morgan fingerprint density at radius 1 is 1.38 bits per heavy atom. The standard InChI is InChI=1S/C11H14FN/c1-11(2)6-8-3-4-9(12)5-10(8)13-7-11/h3-5,13H,6-7H2,1-2H3. The van der Waals surface area contributed by atoms with Gasteiger partial charge < -0.3 is 5.32 Å². The van der Waals surface area contributed by atoms with Crippen molar-refractivity contribution in [3.63, 3.8) is 0 Å². The van der Waals surface area contributed by atoms with Gasteiger partial charge in [0.25, 0.3) is 0 Å². The summed E-state index contributed by atoms with van der Waals surface area (Å²) in [6.07, 6.45) is 1.02. The van der Waals surface area contributed by atoms with Gasteiger partial charge in [0.05, 0.1) is 0 Å². The molecule has 0 bridgehead atoms. The summed E-state index contributed by atoms with van der Waals surface area (Å²) >= 11 is 0. The van der Waals surface area contributed by atoms with Crippen molar-refractivity contribution < 1.29 is 4.39 Å². The number of nitrogens with one attached hydrogen (secondary N) is 1. The highest BCUT2D eigenvalue weighted by Crippen LogP contribution is 2.32. The number of halogens is 1. The van der Waals surface area contributed by atoms with E-state index < -0.39 is 0 Å². The molecule has 1 aliphatic heterocycles. The van der Waals surface area contributed by atoms with Gasteiger partial charge in [-0.05, 0) is 29.5 Å². The monoisotopic (exact) mass is 179 g/mol. The normalized spacial score (nSPS) is 19.0. The van der Waals surface area contributed by atoms with Crippen molar-refractivity contribution in [1.82, 2.24) is 0 Å². The van der Waals surface area contributed by atoms with Crippen LogP contribution in [0.1, 0.15) is 19.4 Å². The lowest BCUT2D eigenvalue weighted by Crippen LogP contribution is -2.30. The average molecular weight is 179 g/mol. The molecule has 1 N–H and O–H groups in total. The molecule has 0 radical (unpaired) electrons. The Labute approximate surface area is 78.0 Å². The molecule has 1 heterocycles.